The van der Waals surface area contributed by atoms with E-state index in [2.05, 4.69) is 5.32 Å². The molecule has 1 aliphatic rings. The molecule has 5 nitrogen and oxygen atoms in total. The fourth-order valence-electron chi connectivity index (χ4n) is 2.69. The van der Waals surface area contributed by atoms with E-state index in [1.807, 2.05) is 27.8 Å². The molecule has 1 unspecified atom stereocenters. The summed E-state index contributed by atoms with van der Waals surface area (Å²) in [5, 5.41) is 3.17. The van der Waals surface area contributed by atoms with E-state index < -0.39 is 10.2 Å². The first-order chi connectivity index (χ1) is 8.97. The van der Waals surface area contributed by atoms with Crippen LogP contribution in [0.4, 0.5) is 0 Å². The summed E-state index contributed by atoms with van der Waals surface area (Å²) in [7, 11) is -1.33. The van der Waals surface area contributed by atoms with E-state index in [1.54, 1.807) is 8.61 Å². The predicted molar refractivity (Wildman–Crippen MR) is 79.3 cm³/mol. The van der Waals surface area contributed by atoms with Crippen LogP contribution in [0.1, 0.15) is 40.0 Å². The van der Waals surface area contributed by atoms with Gasteiger partial charge >= 0.3 is 0 Å². The molecule has 0 aromatic rings. The number of nitrogens with zero attached hydrogens (tertiary/aromatic N) is 2. The highest BCUT2D eigenvalue weighted by atomic mass is 32.2. The maximum Gasteiger partial charge on any atom is 0.282 e. The Morgan fingerprint density at radius 1 is 1.32 bits per heavy atom. The van der Waals surface area contributed by atoms with Crippen molar-refractivity contribution >= 4 is 10.2 Å². The highest BCUT2D eigenvalue weighted by Crippen LogP contribution is 2.22. The average molecular weight is 291 g/mol. The molecule has 0 bridgehead atoms. The van der Waals surface area contributed by atoms with Gasteiger partial charge in [0.1, 0.15) is 0 Å². The third-order valence-corrected chi connectivity index (χ3v) is 6.31. The summed E-state index contributed by atoms with van der Waals surface area (Å²) in [5.41, 5.74) is 0. The Morgan fingerprint density at radius 2 is 1.89 bits per heavy atom. The Balaban J connectivity index is 2.68. The van der Waals surface area contributed by atoms with Gasteiger partial charge in [-0.25, -0.2) is 0 Å². The zero-order valence-electron chi connectivity index (χ0n) is 12.7. The number of piperidine rings is 1. The van der Waals surface area contributed by atoms with Crippen molar-refractivity contribution < 1.29 is 8.42 Å². The molecule has 1 atom stereocenters. The fraction of sp³-hybridized carbons (Fsp3) is 1.00. The molecule has 0 aliphatic carbocycles. The first-order valence-corrected chi connectivity index (χ1v) is 8.78. The maximum absolute atomic E-state index is 12.6. The van der Waals surface area contributed by atoms with Gasteiger partial charge in [0.15, 0.2) is 0 Å². The Kier molecular flexibility index (Phi) is 6.73. The molecule has 19 heavy (non-hydrogen) atoms. The second-order valence-electron chi connectivity index (χ2n) is 5.37. The van der Waals surface area contributed by atoms with Crippen LogP contribution in [0.25, 0.3) is 0 Å². The lowest BCUT2D eigenvalue weighted by Gasteiger charge is -2.36. The van der Waals surface area contributed by atoms with E-state index in [9.17, 15) is 8.42 Å². The average Bonchev–Trinajstić information content (AvgIpc) is 2.40. The molecule has 6 heteroatoms. The Hall–Kier alpha value is -0.170. The molecular formula is C13H29N3O2S. The summed E-state index contributed by atoms with van der Waals surface area (Å²) in [6, 6.07) is 0.0741. The maximum atomic E-state index is 12.6. The van der Waals surface area contributed by atoms with E-state index in [0.29, 0.717) is 25.6 Å². The highest BCUT2D eigenvalue weighted by molar-refractivity contribution is 7.86. The van der Waals surface area contributed by atoms with Crippen LogP contribution < -0.4 is 5.32 Å². The van der Waals surface area contributed by atoms with E-state index in [0.717, 1.165) is 25.8 Å². The standard InChI is InChI=1S/C13H29N3O2S/c1-5-12(3)16(6-2)19(17,18)15-9-7-13(8-10-15)11-14-4/h12-14H,5-11H2,1-4H3. The monoisotopic (exact) mass is 291 g/mol. The van der Waals surface area contributed by atoms with Gasteiger partial charge in [-0.2, -0.15) is 17.0 Å². The summed E-state index contributed by atoms with van der Waals surface area (Å²) < 4.78 is 28.5. The molecule has 1 N–H and O–H groups in total. The molecule has 0 aromatic carbocycles. The molecule has 0 spiro atoms. The minimum absolute atomic E-state index is 0.0741. The van der Waals surface area contributed by atoms with Crippen LogP contribution in [0.3, 0.4) is 0 Å². The van der Waals surface area contributed by atoms with E-state index in [4.69, 9.17) is 0 Å². The molecule has 1 saturated heterocycles. The second kappa shape index (κ2) is 7.57. The van der Waals surface area contributed by atoms with Crippen LogP contribution in [-0.4, -0.2) is 56.3 Å². The van der Waals surface area contributed by atoms with Crippen LogP contribution in [0.15, 0.2) is 0 Å². The molecule has 1 fully saturated rings. The summed E-state index contributed by atoms with van der Waals surface area (Å²) in [6.07, 6.45) is 2.76. The fourth-order valence-corrected chi connectivity index (χ4v) is 4.59. The van der Waals surface area contributed by atoms with Crippen LogP contribution in [-0.2, 0) is 10.2 Å². The van der Waals surface area contributed by atoms with Gasteiger partial charge in [0.25, 0.3) is 10.2 Å². The van der Waals surface area contributed by atoms with Crippen molar-refractivity contribution in [2.45, 2.75) is 46.1 Å². The molecule has 0 aromatic heterocycles. The summed E-state index contributed by atoms with van der Waals surface area (Å²) in [5.74, 6) is 0.607. The number of hydrogen-bond donors (Lipinski definition) is 1. The van der Waals surface area contributed by atoms with E-state index in [-0.39, 0.29) is 6.04 Å². The second-order valence-corrected chi connectivity index (χ2v) is 7.25. The number of rotatable bonds is 7. The van der Waals surface area contributed by atoms with Crippen LogP contribution in [0.5, 0.6) is 0 Å². The largest absolute Gasteiger partial charge is 0.319 e. The van der Waals surface area contributed by atoms with E-state index >= 15 is 0 Å². The Labute approximate surface area is 118 Å². The zero-order valence-corrected chi connectivity index (χ0v) is 13.5. The quantitative estimate of drug-likeness (QED) is 0.769. The van der Waals surface area contributed by atoms with Crippen molar-refractivity contribution in [1.82, 2.24) is 13.9 Å². The minimum atomic E-state index is -3.28. The summed E-state index contributed by atoms with van der Waals surface area (Å²) >= 11 is 0. The molecule has 0 radical (unpaired) electrons. The van der Waals surface area contributed by atoms with Crippen LogP contribution in [0.2, 0.25) is 0 Å². The third-order valence-electron chi connectivity index (χ3n) is 4.08. The van der Waals surface area contributed by atoms with Crippen LogP contribution >= 0.6 is 0 Å². The van der Waals surface area contributed by atoms with Gasteiger partial charge in [0.2, 0.25) is 0 Å². The van der Waals surface area contributed by atoms with Crippen molar-refractivity contribution in [3.63, 3.8) is 0 Å². The van der Waals surface area contributed by atoms with Crippen molar-refractivity contribution in [1.29, 1.82) is 0 Å². The third kappa shape index (κ3) is 4.15. The first kappa shape index (κ1) is 16.9. The number of nitrogens with one attached hydrogen (secondary N) is 1. The zero-order chi connectivity index (χ0) is 14.5. The van der Waals surface area contributed by atoms with Crippen molar-refractivity contribution in [2.24, 2.45) is 5.92 Å². The SMILES string of the molecule is CCC(C)N(CC)S(=O)(=O)N1CCC(CNC)CC1. The lowest BCUT2D eigenvalue weighted by molar-refractivity contribution is 0.240. The summed E-state index contributed by atoms with van der Waals surface area (Å²) in [4.78, 5) is 0. The molecule has 114 valence electrons. The van der Waals surface area contributed by atoms with Gasteiger partial charge in [-0.05, 0) is 45.7 Å². The minimum Gasteiger partial charge on any atom is -0.319 e. The van der Waals surface area contributed by atoms with Crippen molar-refractivity contribution in [3.8, 4) is 0 Å². The normalized spacial score (nSPS) is 20.9. The highest BCUT2D eigenvalue weighted by Gasteiger charge is 2.33. The smallest absolute Gasteiger partial charge is 0.282 e. The van der Waals surface area contributed by atoms with Crippen molar-refractivity contribution in [3.05, 3.63) is 0 Å². The van der Waals surface area contributed by atoms with Gasteiger partial charge in [-0.1, -0.05) is 13.8 Å². The predicted octanol–water partition coefficient (Wildman–Crippen LogP) is 1.28. The summed E-state index contributed by atoms with van der Waals surface area (Å²) in [6.45, 7) is 8.77. The van der Waals surface area contributed by atoms with E-state index in [1.165, 1.54) is 0 Å². The Morgan fingerprint density at radius 3 is 2.32 bits per heavy atom. The van der Waals surface area contributed by atoms with Gasteiger partial charge in [-0.3, -0.25) is 0 Å². The number of hydrogen-bond acceptors (Lipinski definition) is 3. The molecule has 1 aliphatic heterocycles. The molecule has 0 amide bonds. The van der Waals surface area contributed by atoms with Gasteiger partial charge in [0, 0.05) is 25.7 Å². The molecule has 1 rings (SSSR count). The van der Waals surface area contributed by atoms with Crippen molar-refractivity contribution in [2.75, 3.05) is 33.2 Å². The van der Waals surface area contributed by atoms with Gasteiger partial charge < -0.3 is 5.32 Å². The van der Waals surface area contributed by atoms with Crippen LogP contribution in [0, 0.1) is 5.92 Å². The first-order valence-electron chi connectivity index (χ1n) is 7.38. The van der Waals surface area contributed by atoms with Gasteiger partial charge in [0.05, 0.1) is 0 Å². The van der Waals surface area contributed by atoms with Gasteiger partial charge in [-0.15, -0.1) is 0 Å². The Bertz CT molecular complexity index is 351. The lowest BCUT2D eigenvalue weighted by atomic mass is 9.98. The molecular weight excluding hydrogens is 262 g/mol. The lowest BCUT2D eigenvalue weighted by Crippen LogP contribution is -2.50. The topological polar surface area (TPSA) is 52.7 Å². The molecule has 1 heterocycles. The molecule has 0 saturated carbocycles.